The zero-order valence-electron chi connectivity index (χ0n) is 16.2. The van der Waals surface area contributed by atoms with Crippen LogP contribution in [0.3, 0.4) is 0 Å². The summed E-state index contributed by atoms with van der Waals surface area (Å²) in [5, 5.41) is 0.343. The van der Waals surface area contributed by atoms with Crippen LogP contribution in [-0.2, 0) is 13.1 Å². The minimum absolute atomic E-state index is 0.135. The van der Waals surface area contributed by atoms with Crippen molar-refractivity contribution in [1.29, 1.82) is 0 Å². The van der Waals surface area contributed by atoms with Gasteiger partial charge in [0.25, 0.3) is 5.56 Å². The second-order valence-electron chi connectivity index (χ2n) is 7.39. The molecule has 5 heteroatoms. The number of likely N-dealkylation sites (tertiary alicyclic amines) is 1. The number of piperidine rings is 1. The molecule has 0 radical (unpaired) electrons. The summed E-state index contributed by atoms with van der Waals surface area (Å²) in [6.07, 6.45) is 2.27. The van der Waals surface area contributed by atoms with Crippen molar-refractivity contribution in [1.82, 2.24) is 14.3 Å². The van der Waals surface area contributed by atoms with E-state index in [1.807, 2.05) is 35.0 Å². The molecule has 0 unspecified atom stereocenters. The van der Waals surface area contributed by atoms with E-state index in [4.69, 9.17) is 11.6 Å². The lowest BCUT2D eigenvalue weighted by atomic mass is 9.89. The molecule has 1 fully saturated rings. The quantitative estimate of drug-likeness (QED) is 0.627. The molecule has 0 atom stereocenters. The van der Waals surface area contributed by atoms with E-state index in [0.717, 1.165) is 37.3 Å². The first-order valence-corrected chi connectivity index (χ1v) is 10.4. The highest BCUT2D eigenvalue weighted by Gasteiger charge is 2.24. The van der Waals surface area contributed by atoms with E-state index < -0.39 is 0 Å². The minimum atomic E-state index is -0.135. The summed E-state index contributed by atoms with van der Waals surface area (Å²) in [7, 11) is 0. The molecule has 1 aliphatic heterocycles. The first kappa shape index (κ1) is 19.0. The first-order chi connectivity index (χ1) is 13.7. The third-order valence-electron chi connectivity index (χ3n) is 5.72. The molecule has 1 aromatic heterocycles. The smallest absolute Gasteiger partial charge is 0.290 e. The van der Waals surface area contributed by atoms with Crippen molar-refractivity contribution in [2.75, 3.05) is 13.1 Å². The molecular weight excluding hydrogens is 370 g/mol. The molecule has 0 bridgehead atoms. The molecule has 3 aromatic rings. The van der Waals surface area contributed by atoms with Crippen molar-refractivity contribution in [3.8, 4) is 5.69 Å². The van der Waals surface area contributed by atoms with Crippen LogP contribution in [0, 0.1) is 0 Å². The van der Waals surface area contributed by atoms with E-state index in [2.05, 4.69) is 42.2 Å². The molecule has 28 heavy (non-hydrogen) atoms. The maximum atomic E-state index is 12.8. The van der Waals surface area contributed by atoms with Crippen molar-refractivity contribution in [2.45, 2.75) is 38.8 Å². The summed E-state index contributed by atoms with van der Waals surface area (Å²) < 4.78 is 3.72. The van der Waals surface area contributed by atoms with Crippen molar-refractivity contribution >= 4 is 11.6 Å². The molecular formula is C23H26ClN3O. The third kappa shape index (κ3) is 3.67. The molecule has 0 aliphatic carbocycles. The Morgan fingerprint density at radius 1 is 0.964 bits per heavy atom. The van der Waals surface area contributed by atoms with Gasteiger partial charge in [0.05, 0.1) is 11.4 Å². The molecule has 0 N–H and O–H groups in total. The Balaban J connectivity index is 1.54. The predicted octanol–water partition coefficient (Wildman–Crippen LogP) is 4.69. The Kier molecular flexibility index (Phi) is 5.69. The topological polar surface area (TPSA) is 30.2 Å². The van der Waals surface area contributed by atoms with Crippen LogP contribution in [0.15, 0.2) is 65.5 Å². The number of hydrogen-bond donors (Lipinski definition) is 0. The SMILES string of the molecule is CCn1c(CN2CCC(c3ccccc3)CC2)c(Cl)c(=O)n1-c1ccccc1. The van der Waals surface area contributed by atoms with Gasteiger partial charge in [0.1, 0.15) is 5.02 Å². The molecule has 0 amide bonds. The molecule has 2 heterocycles. The van der Waals surface area contributed by atoms with Gasteiger partial charge in [0.15, 0.2) is 0 Å². The van der Waals surface area contributed by atoms with E-state index in [9.17, 15) is 4.79 Å². The van der Waals surface area contributed by atoms with Gasteiger partial charge < -0.3 is 0 Å². The fourth-order valence-electron chi connectivity index (χ4n) is 4.23. The molecule has 0 saturated carbocycles. The number of aromatic nitrogens is 2. The lowest BCUT2D eigenvalue weighted by molar-refractivity contribution is 0.199. The van der Waals surface area contributed by atoms with Gasteiger partial charge in [-0.25, -0.2) is 4.68 Å². The Morgan fingerprint density at radius 3 is 2.18 bits per heavy atom. The van der Waals surface area contributed by atoms with Crippen LogP contribution in [0.25, 0.3) is 5.69 Å². The Bertz CT molecular complexity index is 970. The lowest BCUT2D eigenvalue weighted by Crippen LogP contribution is -2.33. The molecule has 146 valence electrons. The minimum Gasteiger partial charge on any atom is -0.297 e. The second-order valence-corrected chi connectivity index (χ2v) is 7.77. The maximum absolute atomic E-state index is 12.8. The molecule has 1 saturated heterocycles. The zero-order chi connectivity index (χ0) is 19.5. The average molecular weight is 396 g/mol. The lowest BCUT2D eigenvalue weighted by Gasteiger charge is -2.32. The monoisotopic (exact) mass is 395 g/mol. The molecule has 4 nitrogen and oxygen atoms in total. The van der Waals surface area contributed by atoms with Gasteiger partial charge in [-0.3, -0.25) is 14.4 Å². The predicted molar refractivity (Wildman–Crippen MR) is 114 cm³/mol. The fourth-order valence-corrected chi connectivity index (χ4v) is 4.47. The maximum Gasteiger partial charge on any atom is 0.290 e. The largest absolute Gasteiger partial charge is 0.297 e. The van der Waals surface area contributed by atoms with Gasteiger partial charge in [-0.05, 0) is 56.5 Å². The number of para-hydroxylation sites is 1. The highest BCUT2D eigenvalue weighted by molar-refractivity contribution is 6.31. The van der Waals surface area contributed by atoms with Crippen LogP contribution in [0.2, 0.25) is 5.02 Å². The summed E-state index contributed by atoms with van der Waals surface area (Å²) in [5.41, 5.74) is 3.06. The van der Waals surface area contributed by atoms with Gasteiger partial charge in [-0.2, -0.15) is 0 Å². The number of hydrogen-bond acceptors (Lipinski definition) is 2. The summed E-state index contributed by atoms with van der Waals surface area (Å²) in [5.74, 6) is 0.621. The number of halogens is 1. The van der Waals surface area contributed by atoms with Gasteiger partial charge in [0.2, 0.25) is 0 Å². The summed E-state index contributed by atoms with van der Waals surface area (Å²) in [6, 6.07) is 20.5. The van der Waals surface area contributed by atoms with Gasteiger partial charge in [-0.15, -0.1) is 0 Å². The van der Waals surface area contributed by atoms with Crippen LogP contribution in [0.4, 0.5) is 0 Å². The summed E-state index contributed by atoms with van der Waals surface area (Å²) >= 11 is 6.51. The van der Waals surface area contributed by atoms with E-state index >= 15 is 0 Å². The highest BCUT2D eigenvalue weighted by atomic mass is 35.5. The number of rotatable bonds is 5. The highest BCUT2D eigenvalue weighted by Crippen LogP contribution is 2.29. The van der Waals surface area contributed by atoms with Crippen LogP contribution >= 0.6 is 11.6 Å². The van der Waals surface area contributed by atoms with Crippen LogP contribution in [0.5, 0.6) is 0 Å². The van der Waals surface area contributed by atoms with E-state index in [-0.39, 0.29) is 5.56 Å². The average Bonchev–Trinajstić information content (AvgIpc) is 3.00. The van der Waals surface area contributed by atoms with Gasteiger partial charge >= 0.3 is 0 Å². The van der Waals surface area contributed by atoms with E-state index in [1.165, 1.54) is 5.56 Å². The van der Waals surface area contributed by atoms with E-state index in [0.29, 0.717) is 24.0 Å². The van der Waals surface area contributed by atoms with Crippen molar-refractivity contribution < 1.29 is 0 Å². The Labute approximate surface area is 171 Å². The van der Waals surface area contributed by atoms with Crippen molar-refractivity contribution in [3.05, 3.63) is 87.3 Å². The molecule has 1 aliphatic rings. The molecule has 0 spiro atoms. The van der Waals surface area contributed by atoms with Crippen LogP contribution in [0.1, 0.15) is 36.9 Å². The standard InChI is InChI=1S/C23H26ClN3O/c1-2-26-21(22(24)23(28)27(26)20-11-7-4-8-12-20)17-25-15-13-19(14-16-25)18-9-5-3-6-10-18/h3-12,19H,2,13-17H2,1H3. The van der Waals surface area contributed by atoms with Gasteiger partial charge in [-0.1, -0.05) is 60.1 Å². The summed E-state index contributed by atoms with van der Waals surface area (Å²) in [4.78, 5) is 15.3. The molecule has 2 aromatic carbocycles. The van der Waals surface area contributed by atoms with Gasteiger partial charge in [0, 0.05) is 13.1 Å². The number of nitrogens with zero attached hydrogens (tertiary/aromatic N) is 3. The van der Waals surface area contributed by atoms with Crippen LogP contribution in [-0.4, -0.2) is 27.4 Å². The number of benzene rings is 2. The van der Waals surface area contributed by atoms with Crippen molar-refractivity contribution in [3.63, 3.8) is 0 Å². The zero-order valence-corrected chi connectivity index (χ0v) is 17.0. The second kappa shape index (κ2) is 8.38. The molecule has 4 rings (SSSR count). The fraction of sp³-hybridized carbons (Fsp3) is 0.348. The van der Waals surface area contributed by atoms with E-state index in [1.54, 1.807) is 4.68 Å². The van der Waals surface area contributed by atoms with Crippen LogP contribution < -0.4 is 5.56 Å². The normalized spacial score (nSPS) is 15.8. The summed E-state index contributed by atoms with van der Waals surface area (Å²) in [6.45, 7) is 5.50. The Hall–Kier alpha value is -2.30. The first-order valence-electron chi connectivity index (χ1n) is 10.0. The Morgan fingerprint density at radius 2 is 1.57 bits per heavy atom. The third-order valence-corrected chi connectivity index (χ3v) is 6.10. The van der Waals surface area contributed by atoms with Crippen molar-refractivity contribution in [2.24, 2.45) is 0 Å².